The van der Waals surface area contributed by atoms with Gasteiger partial charge in [-0.1, -0.05) is 29.8 Å². The molecule has 2 rings (SSSR count). The molecule has 1 unspecified atom stereocenters. The number of nitrogens with one attached hydrogen (secondary N) is 1. The minimum atomic E-state index is -0.300. The van der Waals surface area contributed by atoms with Gasteiger partial charge < -0.3 is 5.32 Å². The third-order valence-electron chi connectivity index (χ3n) is 2.93. The zero-order valence-electron chi connectivity index (χ0n) is 10.1. The molecule has 0 aliphatic heterocycles. The highest BCUT2D eigenvalue weighted by Gasteiger charge is 2.13. The predicted octanol–water partition coefficient (Wildman–Crippen LogP) is 3.91. The van der Waals surface area contributed by atoms with Crippen LogP contribution < -0.4 is 5.32 Å². The van der Waals surface area contributed by atoms with Gasteiger partial charge in [0.25, 0.3) is 0 Å². The van der Waals surface area contributed by atoms with Crippen molar-refractivity contribution >= 4 is 22.9 Å². The first-order valence-corrected chi connectivity index (χ1v) is 7.09. The Bertz CT molecular complexity index is 499. The summed E-state index contributed by atoms with van der Waals surface area (Å²) in [6, 6.07) is 9.51. The fraction of sp³-hybridized carbons (Fsp3) is 0.286. The van der Waals surface area contributed by atoms with Crippen LogP contribution in [-0.4, -0.2) is 13.1 Å². The monoisotopic (exact) mass is 283 g/mol. The number of hydrogen-bond donors (Lipinski definition) is 1. The average Bonchev–Trinajstić information content (AvgIpc) is 2.86. The third kappa shape index (κ3) is 3.31. The molecule has 96 valence electrons. The van der Waals surface area contributed by atoms with Crippen molar-refractivity contribution in [3.8, 4) is 0 Å². The lowest BCUT2D eigenvalue weighted by molar-refractivity contribution is 0.535. The first-order chi connectivity index (χ1) is 8.70. The van der Waals surface area contributed by atoms with Crippen LogP contribution in [0.15, 0.2) is 35.7 Å². The molecule has 1 heterocycles. The maximum atomic E-state index is 13.8. The molecule has 0 radical (unpaired) electrons. The van der Waals surface area contributed by atoms with Gasteiger partial charge in [0.15, 0.2) is 0 Å². The molecular weight excluding hydrogens is 269 g/mol. The van der Waals surface area contributed by atoms with E-state index in [2.05, 4.69) is 16.8 Å². The normalized spacial score (nSPS) is 12.6. The Hall–Kier alpha value is -0.900. The molecule has 4 heteroatoms. The van der Waals surface area contributed by atoms with Crippen LogP contribution in [0.4, 0.5) is 4.39 Å². The van der Waals surface area contributed by atoms with Gasteiger partial charge in [-0.05, 0) is 43.0 Å². The fourth-order valence-corrected chi connectivity index (χ4v) is 2.90. The highest BCUT2D eigenvalue weighted by molar-refractivity contribution is 7.09. The van der Waals surface area contributed by atoms with Crippen molar-refractivity contribution in [1.29, 1.82) is 0 Å². The SMILES string of the molecule is CNC(Cc1cccs1)Cc1cccc(Cl)c1F. The highest BCUT2D eigenvalue weighted by Crippen LogP contribution is 2.20. The van der Waals surface area contributed by atoms with E-state index in [1.54, 1.807) is 29.5 Å². The molecule has 0 spiro atoms. The van der Waals surface area contributed by atoms with Gasteiger partial charge in [0.05, 0.1) is 5.02 Å². The lowest BCUT2D eigenvalue weighted by Gasteiger charge is -2.16. The molecule has 2 aromatic rings. The molecule has 0 saturated carbocycles. The number of halogens is 2. The van der Waals surface area contributed by atoms with E-state index >= 15 is 0 Å². The van der Waals surface area contributed by atoms with Crippen molar-refractivity contribution < 1.29 is 4.39 Å². The topological polar surface area (TPSA) is 12.0 Å². The summed E-state index contributed by atoms with van der Waals surface area (Å²) >= 11 is 7.51. The van der Waals surface area contributed by atoms with Crippen LogP contribution in [0.3, 0.4) is 0 Å². The van der Waals surface area contributed by atoms with Crippen LogP contribution >= 0.6 is 22.9 Å². The number of thiophene rings is 1. The zero-order chi connectivity index (χ0) is 13.0. The van der Waals surface area contributed by atoms with Crippen molar-refractivity contribution in [1.82, 2.24) is 5.32 Å². The lowest BCUT2D eigenvalue weighted by Crippen LogP contribution is -2.30. The predicted molar refractivity (Wildman–Crippen MR) is 76.0 cm³/mol. The minimum absolute atomic E-state index is 0.193. The smallest absolute Gasteiger partial charge is 0.145 e. The first kappa shape index (κ1) is 13.5. The van der Waals surface area contributed by atoms with Crippen LogP contribution in [0, 0.1) is 5.82 Å². The summed E-state index contributed by atoms with van der Waals surface area (Å²) in [6.45, 7) is 0. The van der Waals surface area contributed by atoms with Gasteiger partial charge in [0.1, 0.15) is 5.82 Å². The molecule has 0 bridgehead atoms. The zero-order valence-corrected chi connectivity index (χ0v) is 11.7. The molecule has 0 aliphatic carbocycles. The van der Waals surface area contributed by atoms with Gasteiger partial charge in [-0.2, -0.15) is 0 Å². The quantitative estimate of drug-likeness (QED) is 0.877. The molecule has 0 amide bonds. The second kappa shape index (κ2) is 6.32. The molecule has 1 aromatic heterocycles. The summed E-state index contributed by atoms with van der Waals surface area (Å²) in [5, 5.41) is 5.48. The number of hydrogen-bond acceptors (Lipinski definition) is 2. The van der Waals surface area contributed by atoms with Crippen molar-refractivity contribution in [2.45, 2.75) is 18.9 Å². The maximum Gasteiger partial charge on any atom is 0.145 e. The van der Waals surface area contributed by atoms with Crippen molar-refractivity contribution in [3.63, 3.8) is 0 Å². The Balaban J connectivity index is 2.08. The van der Waals surface area contributed by atoms with Gasteiger partial charge in [-0.3, -0.25) is 0 Å². The third-order valence-corrected chi connectivity index (χ3v) is 4.12. The second-order valence-electron chi connectivity index (χ2n) is 4.19. The van der Waals surface area contributed by atoms with Gasteiger partial charge in [0, 0.05) is 10.9 Å². The Morgan fingerprint density at radius 1 is 1.28 bits per heavy atom. The van der Waals surface area contributed by atoms with E-state index in [9.17, 15) is 4.39 Å². The van der Waals surface area contributed by atoms with Crippen molar-refractivity contribution in [3.05, 3.63) is 57.0 Å². The summed E-state index contributed by atoms with van der Waals surface area (Å²) in [7, 11) is 1.90. The number of benzene rings is 1. The standard InChI is InChI=1S/C14H15ClFNS/c1-17-11(9-12-5-3-7-18-12)8-10-4-2-6-13(15)14(10)16/h2-7,11,17H,8-9H2,1H3. The highest BCUT2D eigenvalue weighted by atomic mass is 35.5. The fourth-order valence-electron chi connectivity index (χ4n) is 1.92. The largest absolute Gasteiger partial charge is 0.316 e. The van der Waals surface area contributed by atoms with E-state index < -0.39 is 0 Å². The molecule has 0 fully saturated rings. The van der Waals surface area contributed by atoms with Gasteiger partial charge >= 0.3 is 0 Å². The molecule has 0 saturated heterocycles. The molecule has 1 aromatic carbocycles. The van der Waals surface area contributed by atoms with Crippen molar-refractivity contribution in [2.75, 3.05) is 7.05 Å². The molecule has 0 aliphatic rings. The molecule has 18 heavy (non-hydrogen) atoms. The van der Waals surface area contributed by atoms with E-state index in [4.69, 9.17) is 11.6 Å². The summed E-state index contributed by atoms with van der Waals surface area (Å²) in [6.07, 6.45) is 1.54. The molecular formula is C14H15ClFNS. The Labute approximate surface area is 116 Å². The summed E-state index contributed by atoms with van der Waals surface area (Å²) < 4.78 is 13.8. The van der Waals surface area contributed by atoms with Crippen LogP contribution in [0.1, 0.15) is 10.4 Å². The van der Waals surface area contributed by atoms with Crippen LogP contribution in [0.25, 0.3) is 0 Å². The second-order valence-corrected chi connectivity index (χ2v) is 5.63. The van der Waals surface area contributed by atoms with E-state index in [1.165, 1.54) is 4.88 Å². The Morgan fingerprint density at radius 3 is 2.78 bits per heavy atom. The van der Waals surface area contributed by atoms with Gasteiger partial charge in [-0.25, -0.2) is 4.39 Å². The van der Waals surface area contributed by atoms with Gasteiger partial charge in [0.2, 0.25) is 0 Å². The van der Waals surface area contributed by atoms with Crippen LogP contribution in [0.5, 0.6) is 0 Å². The molecule has 1 atom stereocenters. The summed E-state index contributed by atoms with van der Waals surface area (Å²) in [4.78, 5) is 1.30. The molecule has 1 N–H and O–H groups in total. The lowest BCUT2D eigenvalue weighted by atomic mass is 10.0. The van der Waals surface area contributed by atoms with Crippen LogP contribution in [0.2, 0.25) is 5.02 Å². The molecule has 1 nitrogen and oxygen atoms in total. The number of likely N-dealkylation sites (N-methyl/N-ethyl adjacent to an activating group) is 1. The van der Waals surface area contributed by atoms with E-state index in [-0.39, 0.29) is 16.9 Å². The van der Waals surface area contributed by atoms with E-state index in [1.807, 2.05) is 13.1 Å². The summed E-state index contributed by atoms with van der Waals surface area (Å²) in [5.41, 5.74) is 0.665. The minimum Gasteiger partial charge on any atom is -0.316 e. The van der Waals surface area contributed by atoms with E-state index in [0.717, 1.165) is 6.42 Å². The number of rotatable bonds is 5. The maximum absolute atomic E-state index is 13.8. The van der Waals surface area contributed by atoms with Gasteiger partial charge in [-0.15, -0.1) is 11.3 Å². The summed E-state index contributed by atoms with van der Waals surface area (Å²) in [5.74, 6) is -0.300. The van der Waals surface area contributed by atoms with Crippen molar-refractivity contribution in [2.24, 2.45) is 0 Å². The Kier molecular flexibility index (Phi) is 4.75. The first-order valence-electron chi connectivity index (χ1n) is 5.83. The Morgan fingerprint density at radius 2 is 2.11 bits per heavy atom. The average molecular weight is 284 g/mol. The van der Waals surface area contributed by atoms with E-state index in [0.29, 0.717) is 12.0 Å². The van der Waals surface area contributed by atoms with Crippen LogP contribution in [-0.2, 0) is 12.8 Å².